The van der Waals surface area contributed by atoms with E-state index in [-0.39, 0.29) is 0 Å². The van der Waals surface area contributed by atoms with E-state index in [1.54, 1.807) is 0 Å². The van der Waals surface area contributed by atoms with Crippen LogP contribution in [0.2, 0.25) is 0 Å². The summed E-state index contributed by atoms with van der Waals surface area (Å²) in [4.78, 5) is 0. The minimum Gasteiger partial charge on any atom is -0.381 e. The van der Waals surface area contributed by atoms with Crippen LogP contribution in [0.4, 0.5) is 0 Å². The van der Waals surface area contributed by atoms with Crippen LogP contribution in [0.1, 0.15) is 20.3 Å². The maximum Gasteiger partial charge on any atom is 0.0517 e. The molecule has 0 amide bonds. The molecule has 3 heteroatoms. The topological polar surface area (TPSA) is 18.5 Å². The molecule has 14 heavy (non-hydrogen) atoms. The van der Waals surface area contributed by atoms with Crippen LogP contribution >= 0.6 is 15.9 Å². The predicted octanol–water partition coefficient (Wildman–Crippen LogP) is 2.71. The fourth-order valence-corrected chi connectivity index (χ4v) is 2.45. The van der Waals surface area contributed by atoms with Crippen molar-refractivity contribution in [3.8, 4) is 0 Å². The lowest BCUT2D eigenvalue weighted by Crippen LogP contribution is -2.20. The number of halogens is 1. The van der Waals surface area contributed by atoms with Crippen LogP contribution in [-0.2, 0) is 9.47 Å². The fourth-order valence-electron chi connectivity index (χ4n) is 1.52. The van der Waals surface area contributed by atoms with Gasteiger partial charge >= 0.3 is 0 Å². The normalized spacial score (nSPS) is 24.4. The second-order valence-corrected chi connectivity index (χ2v) is 5.07. The van der Waals surface area contributed by atoms with Crippen LogP contribution in [0.3, 0.4) is 0 Å². The van der Waals surface area contributed by atoms with Crippen molar-refractivity contribution >= 4 is 15.9 Å². The lowest BCUT2D eigenvalue weighted by Gasteiger charge is -2.19. The number of alkyl halides is 1. The van der Waals surface area contributed by atoms with Crippen molar-refractivity contribution in [2.45, 2.75) is 20.3 Å². The van der Waals surface area contributed by atoms with Gasteiger partial charge in [0.05, 0.1) is 19.8 Å². The van der Waals surface area contributed by atoms with E-state index in [0.717, 1.165) is 31.8 Å². The predicted molar refractivity (Wildman–Crippen MR) is 61.9 cm³/mol. The van der Waals surface area contributed by atoms with Gasteiger partial charge in [-0.2, -0.15) is 0 Å². The third kappa shape index (κ3) is 4.28. The monoisotopic (exact) mass is 264 g/mol. The maximum absolute atomic E-state index is 5.72. The van der Waals surface area contributed by atoms with Crippen LogP contribution in [0.25, 0.3) is 0 Å². The smallest absolute Gasteiger partial charge is 0.0517 e. The summed E-state index contributed by atoms with van der Waals surface area (Å²) in [5.41, 5.74) is 0. The summed E-state index contributed by atoms with van der Waals surface area (Å²) in [6, 6.07) is 0. The van der Waals surface area contributed by atoms with Gasteiger partial charge in [-0.05, 0) is 18.3 Å². The summed E-state index contributed by atoms with van der Waals surface area (Å²) in [5.74, 6) is 1.96. The van der Waals surface area contributed by atoms with E-state index in [1.807, 2.05) is 0 Å². The van der Waals surface area contributed by atoms with Crippen molar-refractivity contribution in [3.63, 3.8) is 0 Å². The molecule has 1 saturated heterocycles. The molecule has 1 aliphatic heterocycles. The molecule has 2 nitrogen and oxygen atoms in total. The third-order valence-electron chi connectivity index (χ3n) is 2.85. The molecule has 0 N–H and O–H groups in total. The number of ether oxygens (including phenoxy) is 2. The van der Waals surface area contributed by atoms with Gasteiger partial charge in [0.25, 0.3) is 0 Å². The van der Waals surface area contributed by atoms with Crippen LogP contribution in [0, 0.1) is 17.8 Å². The molecule has 0 aromatic carbocycles. The van der Waals surface area contributed by atoms with Gasteiger partial charge in [-0.15, -0.1) is 0 Å². The molecule has 0 bridgehead atoms. The highest BCUT2D eigenvalue weighted by Gasteiger charge is 2.17. The minimum atomic E-state index is 0.636. The Bertz CT molecular complexity index is 144. The first-order chi connectivity index (χ1) is 6.74. The van der Waals surface area contributed by atoms with Gasteiger partial charge in [0.2, 0.25) is 0 Å². The Kier molecular flexibility index (Phi) is 6.06. The Morgan fingerprint density at radius 2 is 2.29 bits per heavy atom. The Labute approximate surface area is 95.5 Å². The Morgan fingerprint density at radius 1 is 1.50 bits per heavy atom. The SMILES string of the molecule is CC(C)C(CBr)COCC1CCOC1. The molecular formula is C11H21BrO2. The zero-order valence-corrected chi connectivity index (χ0v) is 10.8. The summed E-state index contributed by atoms with van der Waals surface area (Å²) in [6.07, 6.45) is 1.17. The van der Waals surface area contributed by atoms with Gasteiger partial charge in [-0.25, -0.2) is 0 Å². The van der Waals surface area contributed by atoms with Gasteiger partial charge in [0.1, 0.15) is 0 Å². The summed E-state index contributed by atoms with van der Waals surface area (Å²) in [6.45, 7) is 8.04. The summed E-state index contributed by atoms with van der Waals surface area (Å²) < 4.78 is 11.0. The van der Waals surface area contributed by atoms with Gasteiger partial charge in [0, 0.05) is 17.9 Å². The molecule has 0 aromatic heterocycles. The van der Waals surface area contributed by atoms with Gasteiger partial charge in [-0.3, -0.25) is 0 Å². The van der Waals surface area contributed by atoms with Crippen molar-refractivity contribution in [2.24, 2.45) is 17.8 Å². The molecule has 2 atom stereocenters. The molecule has 1 rings (SSSR count). The van der Waals surface area contributed by atoms with Crippen LogP contribution < -0.4 is 0 Å². The molecule has 0 saturated carbocycles. The standard InChI is InChI=1S/C11H21BrO2/c1-9(2)11(5-12)8-14-7-10-3-4-13-6-10/h9-11H,3-8H2,1-2H3. The minimum absolute atomic E-state index is 0.636. The summed E-state index contributed by atoms with van der Waals surface area (Å²) in [7, 11) is 0. The van der Waals surface area contributed by atoms with Gasteiger partial charge < -0.3 is 9.47 Å². The van der Waals surface area contributed by atoms with Crippen molar-refractivity contribution < 1.29 is 9.47 Å². The maximum atomic E-state index is 5.72. The molecule has 1 fully saturated rings. The average Bonchev–Trinajstić information content (AvgIpc) is 2.64. The van der Waals surface area contributed by atoms with Gasteiger partial charge in [0.15, 0.2) is 0 Å². The van der Waals surface area contributed by atoms with E-state index in [2.05, 4.69) is 29.8 Å². The van der Waals surface area contributed by atoms with Crippen molar-refractivity contribution in [1.29, 1.82) is 0 Å². The number of hydrogen-bond acceptors (Lipinski definition) is 2. The Morgan fingerprint density at radius 3 is 2.79 bits per heavy atom. The van der Waals surface area contributed by atoms with E-state index in [4.69, 9.17) is 9.47 Å². The number of hydrogen-bond donors (Lipinski definition) is 0. The largest absolute Gasteiger partial charge is 0.381 e. The van der Waals surface area contributed by atoms with E-state index >= 15 is 0 Å². The molecule has 0 radical (unpaired) electrons. The zero-order chi connectivity index (χ0) is 10.4. The summed E-state index contributed by atoms with van der Waals surface area (Å²) in [5, 5.41) is 1.03. The zero-order valence-electron chi connectivity index (χ0n) is 9.17. The molecule has 1 aliphatic rings. The quantitative estimate of drug-likeness (QED) is 0.687. The van der Waals surface area contributed by atoms with Crippen LogP contribution in [-0.4, -0.2) is 31.8 Å². The molecule has 0 aliphatic carbocycles. The van der Waals surface area contributed by atoms with Crippen molar-refractivity contribution in [2.75, 3.05) is 31.8 Å². The second kappa shape index (κ2) is 6.81. The summed E-state index contributed by atoms with van der Waals surface area (Å²) >= 11 is 3.53. The highest BCUT2D eigenvalue weighted by molar-refractivity contribution is 9.09. The average molecular weight is 265 g/mol. The van der Waals surface area contributed by atoms with E-state index in [0.29, 0.717) is 17.8 Å². The van der Waals surface area contributed by atoms with E-state index in [9.17, 15) is 0 Å². The molecule has 0 spiro atoms. The van der Waals surface area contributed by atoms with Crippen LogP contribution in [0.5, 0.6) is 0 Å². The fraction of sp³-hybridized carbons (Fsp3) is 1.00. The number of rotatable bonds is 6. The van der Waals surface area contributed by atoms with Crippen molar-refractivity contribution in [3.05, 3.63) is 0 Å². The molecule has 84 valence electrons. The first-order valence-electron chi connectivity index (χ1n) is 5.45. The lowest BCUT2D eigenvalue weighted by atomic mass is 9.99. The molecule has 1 heterocycles. The second-order valence-electron chi connectivity index (χ2n) is 4.43. The highest BCUT2D eigenvalue weighted by atomic mass is 79.9. The molecule has 2 unspecified atom stereocenters. The van der Waals surface area contributed by atoms with Crippen LogP contribution in [0.15, 0.2) is 0 Å². The lowest BCUT2D eigenvalue weighted by molar-refractivity contribution is 0.0604. The van der Waals surface area contributed by atoms with E-state index < -0.39 is 0 Å². The Hall–Kier alpha value is 0.400. The molecular weight excluding hydrogens is 244 g/mol. The first-order valence-corrected chi connectivity index (χ1v) is 6.57. The van der Waals surface area contributed by atoms with E-state index in [1.165, 1.54) is 6.42 Å². The first kappa shape index (κ1) is 12.5. The molecule has 0 aromatic rings. The Balaban J connectivity index is 2.06. The van der Waals surface area contributed by atoms with Crippen molar-refractivity contribution in [1.82, 2.24) is 0 Å². The third-order valence-corrected chi connectivity index (χ3v) is 3.68. The van der Waals surface area contributed by atoms with Gasteiger partial charge in [-0.1, -0.05) is 29.8 Å². The highest BCUT2D eigenvalue weighted by Crippen LogP contribution is 2.16.